The number of fused-ring (bicyclic) bond motifs is 1. The zero-order valence-electron chi connectivity index (χ0n) is 12.2. The first kappa shape index (κ1) is 14.3. The molecule has 3 heteroatoms. The highest BCUT2D eigenvalue weighted by Gasteiger charge is 2.20. The van der Waals surface area contributed by atoms with Gasteiger partial charge in [0.05, 0.1) is 12.2 Å². The van der Waals surface area contributed by atoms with Crippen LogP contribution in [0.5, 0.6) is 5.75 Å². The summed E-state index contributed by atoms with van der Waals surface area (Å²) in [5.41, 5.74) is 4.68. The number of para-hydroxylation sites is 1. The van der Waals surface area contributed by atoms with Crippen molar-refractivity contribution in [2.24, 2.45) is 0 Å². The lowest BCUT2D eigenvalue weighted by molar-refractivity contribution is 0.103. The number of benzene rings is 2. The smallest absolute Gasteiger partial charge is 0.196 e. The number of ketones is 1. The van der Waals surface area contributed by atoms with Gasteiger partial charge in [-0.2, -0.15) is 0 Å². The van der Waals surface area contributed by atoms with E-state index in [2.05, 4.69) is 15.9 Å². The van der Waals surface area contributed by atoms with Gasteiger partial charge in [0, 0.05) is 10.0 Å². The number of ether oxygens (including phenoxy) is 1. The maximum absolute atomic E-state index is 12.8. The Morgan fingerprint density at radius 3 is 2.62 bits per heavy atom. The Kier molecular flexibility index (Phi) is 3.85. The Balaban J connectivity index is 2.07. The van der Waals surface area contributed by atoms with Crippen LogP contribution in [0.15, 0.2) is 34.8 Å². The van der Waals surface area contributed by atoms with Crippen molar-refractivity contribution in [2.75, 3.05) is 6.61 Å². The molecule has 2 aromatic rings. The van der Waals surface area contributed by atoms with Crippen LogP contribution in [0.25, 0.3) is 0 Å². The largest absolute Gasteiger partial charge is 0.493 e. The molecule has 0 atom stereocenters. The number of rotatable bonds is 2. The quantitative estimate of drug-likeness (QED) is 0.743. The van der Waals surface area contributed by atoms with Crippen molar-refractivity contribution >= 4 is 21.7 Å². The Morgan fingerprint density at radius 2 is 1.90 bits per heavy atom. The molecule has 0 aliphatic carbocycles. The van der Waals surface area contributed by atoms with Crippen LogP contribution >= 0.6 is 15.9 Å². The molecule has 2 nitrogen and oxygen atoms in total. The van der Waals surface area contributed by atoms with Gasteiger partial charge in [0.1, 0.15) is 5.75 Å². The van der Waals surface area contributed by atoms with Crippen LogP contribution < -0.4 is 4.74 Å². The van der Waals surface area contributed by atoms with Crippen LogP contribution in [0.3, 0.4) is 0 Å². The van der Waals surface area contributed by atoms with Crippen LogP contribution in [-0.4, -0.2) is 12.4 Å². The highest BCUT2D eigenvalue weighted by atomic mass is 79.9. The molecular formula is C18H17BrO2. The maximum atomic E-state index is 12.8. The third kappa shape index (κ3) is 2.62. The van der Waals surface area contributed by atoms with E-state index in [9.17, 15) is 4.79 Å². The molecular weight excluding hydrogens is 328 g/mol. The van der Waals surface area contributed by atoms with Gasteiger partial charge >= 0.3 is 0 Å². The summed E-state index contributed by atoms with van der Waals surface area (Å²) in [5, 5.41) is 0. The normalized spacial score (nSPS) is 13.5. The van der Waals surface area contributed by atoms with E-state index in [1.54, 1.807) is 0 Å². The van der Waals surface area contributed by atoms with Crippen LogP contribution in [0, 0.1) is 13.8 Å². The van der Waals surface area contributed by atoms with Gasteiger partial charge in [-0.3, -0.25) is 4.79 Å². The molecule has 108 valence electrons. The van der Waals surface area contributed by atoms with Crippen molar-refractivity contribution < 1.29 is 9.53 Å². The van der Waals surface area contributed by atoms with Gasteiger partial charge in [-0.1, -0.05) is 28.1 Å². The molecule has 0 unspecified atom stereocenters. The van der Waals surface area contributed by atoms with E-state index in [0.717, 1.165) is 45.3 Å². The molecule has 21 heavy (non-hydrogen) atoms. The van der Waals surface area contributed by atoms with Gasteiger partial charge in [0.25, 0.3) is 0 Å². The molecule has 0 saturated heterocycles. The number of aryl methyl sites for hydroxylation is 3. The summed E-state index contributed by atoms with van der Waals surface area (Å²) in [5.74, 6) is 0.805. The summed E-state index contributed by atoms with van der Waals surface area (Å²) < 4.78 is 6.81. The average molecular weight is 345 g/mol. The number of carbonyl (C=O) groups excluding carboxylic acids is 1. The molecule has 0 aromatic heterocycles. The SMILES string of the molecule is Cc1cc(C(=O)c2cccc3c2OCCC3)cc(C)c1Br. The zero-order chi connectivity index (χ0) is 15.0. The van der Waals surface area contributed by atoms with Crippen molar-refractivity contribution in [3.05, 3.63) is 62.6 Å². The topological polar surface area (TPSA) is 26.3 Å². The molecule has 1 aliphatic heterocycles. The minimum Gasteiger partial charge on any atom is -0.493 e. The number of carbonyl (C=O) groups is 1. The third-order valence-corrected chi connectivity index (χ3v) is 5.13. The summed E-state index contributed by atoms with van der Waals surface area (Å²) >= 11 is 3.54. The van der Waals surface area contributed by atoms with E-state index in [1.807, 2.05) is 44.2 Å². The van der Waals surface area contributed by atoms with Crippen LogP contribution in [0.1, 0.15) is 39.0 Å². The maximum Gasteiger partial charge on any atom is 0.196 e. The van der Waals surface area contributed by atoms with E-state index in [0.29, 0.717) is 12.2 Å². The van der Waals surface area contributed by atoms with E-state index in [1.165, 1.54) is 0 Å². The first-order valence-corrected chi connectivity index (χ1v) is 7.93. The molecule has 1 heterocycles. The van der Waals surface area contributed by atoms with Gasteiger partial charge in [0.15, 0.2) is 5.78 Å². The molecule has 2 aromatic carbocycles. The lowest BCUT2D eigenvalue weighted by Crippen LogP contribution is -2.13. The van der Waals surface area contributed by atoms with Gasteiger partial charge < -0.3 is 4.74 Å². The second-order valence-corrected chi connectivity index (χ2v) is 6.29. The van der Waals surface area contributed by atoms with Gasteiger partial charge in [-0.25, -0.2) is 0 Å². The van der Waals surface area contributed by atoms with Crippen molar-refractivity contribution in [1.82, 2.24) is 0 Å². The van der Waals surface area contributed by atoms with Gasteiger partial charge in [-0.05, 0) is 61.6 Å². The Labute approximate surface area is 133 Å². The van der Waals surface area contributed by atoms with Crippen LogP contribution in [0.2, 0.25) is 0 Å². The van der Waals surface area contributed by atoms with Crippen molar-refractivity contribution in [3.8, 4) is 5.75 Å². The summed E-state index contributed by atoms with van der Waals surface area (Å²) in [6.07, 6.45) is 2.00. The first-order chi connectivity index (χ1) is 10.1. The summed E-state index contributed by atoms with van der Waals surface area (Å²) in [4.78, 5) is 12.8. The lowest BCUT2D eigenvalue weighted by Gasteiger charge is -2.20. The van der Waals surface area contributed by atoms with Crippen molar-refractivity contribution in [2.45, 2.75) is 26.7 Å². The highest BCUT2D eigenvalue weighted by molar-refractivity contribution is 9.10. The molecule has 0 spiro atoms. The zero-order valence-corrected chi connectivity index (χ0v) is 13.8. The minimum atomic E-state index is 0.0347. The van der Waals surface area contributed by atoms with Gasteiger partial charge in [0.2, 0.25) is 0 Å². The molecule has 0 bridgehead atoms. The fraction of sp³-hybridized carbons (Fsp3) is 0.278. The van der Waals surface area contributed by atoms with Gasteiger partial charge in [-0.15, -0.1) is 0 Å². The standard InChI is InChI=1S/C18H17BrO2/c1-11-9-14(10-12(2)16(11)19)17(20)15-7-3-5-13-6-4-8-21-18(13)15/h3,5,7,9-10H,4,6,8H2,1-2H3. The fourth-order valence-corrected chi connectivity index (χ4v) is 3.03. The van der Waals surface area contributed by atoms with Crippen LogP contribution in [-0.2, 0) is 6.42 Å². The monoisotopic (exact) mass is 344 g/mol. The molecule has 0 N–H and O–H groups in total. The second kappa shape index (κ2) is 5.64. The number of hydrogen-bond donors (Lipinski definition) is 0. The molecule has 0 saturated carbocycles. The van der Waals surface area contributed by atoms with E-state index in [4.69, 9.17) is 4.74 Å². The van der Waals surface area contributed by atoms with Crippen molar-refractivity contribution in [3.63, 3.8) is 0 Å². The van der Waals surface area contributed by atoms with E-state index in [-0.39, 0.29) is 5.78 Å². The third-order valence-electron chi connectivity index (χ3n) is 3.88. The van der Waals surface area contributed by atoms with E-state index < -0.39 is 0 Å². The molecule has 3 rings (SSSR count). The second-order valence-electron chi connectivity index (χ2n) is 5.50. The Morgan fingerprint density at radius 1 is 1.19 bits per heavy atom. The number of hydrogen-bond acceptors (Lipinski definition) is 2. The number of halogens is 1. The van der Waals surface area contributed by atoms with E-state index >= 15 is 0 Å². The minimum absolute atomic E-state index is 0.0347. The first-order valence-electron chi connectivity index (χ1n) is 7.14. The molecule has 0 radical (unpaired) electrons. The van der Waals surface area contributed by atoms with Crippen molar-refractivity contribution in [1.29, 1.82) is 0 Å². The fourth-order valence-electron chi connectivity index (χ4n) is 2.80. The lowest BCUT2D eigenvalue weighted by atomic mass is 9.95. The van der Waals surface area contributed by atoms with Crippen LogP contribution in [0.4, 0.5) is 0 Å². The predicted octanol–water partition coefficient (Wildman–Crippen LogP) is 4.62. The Bertz CT molecular complexity index is 696. The molecule has 0 fully saturated rings. The molecule has 1 aliphatic rings. The molecule has 0 amide bonds. The summed E-state index contributed by atoms with van der Waals surface area (Å²) in [6, 6.07) is 9.71. The highest BCUT2D eigenvalue weighted by Crippen LogP contribution is 2.31. The Hall–Kier alpha value is -1.61. The summed E-state index contributed by atoms with van der Waals surface area (Å²) in [7, 11) is 0. The average Bonchev–Trinajstić information content (AvgIpc) is 2.51. The predicted molar refractivity (Wildman–Crippen MR) is 87.3 cm³/mol. The summed E-state index contributed by atoms with van der Waals surface area (Å²) in [6.45, 7) is 4.70.